The quantitative estimate of drug-likeness (QED) is 0.648. The molecule has 0 aliphatic carbocycles. The SMILES string of the molecule is CC(C)(C)CC(CN)C(=O)NCC(C)(C)CCO. The third-order valence-electron chi connectivity index (χ3n) is 3.04. The number of rotatable bonds is 7. The minimum atomic E-state index is -0.130. The number of hydrogen-bond acceptors (Lipinski definition) is 3. The highest BCUT2D eigenvalue weighted by Crippen LogP contribution is 2.24. The van der Waals surface area contributed by atoms with Crippen LogP contribution in [0.1, 0.15) is 47.5 Å². The largest absolute Gasteiger partial charge is 0.396 e. The van der Waals surface area contributed by atoms with Gasteiger partial charge in [0.1, 0.15) is 0 Å². The maximum absolute atomic E-state index is 12.0. The molecule has 18 heavy (non-hydrogen) atoms. The van der Waals surface area contributed by atoms with Gasteiger partial charge in [0.25, 0.3) is 0 Å². The first-order valence-corrected chi connectivity index (χ1v) is 6.70. The fraction of sp³-hybridized carbons (Fsp3) is 0.929. The Balaban J connectivity index is 4.29. The number of nitrogens with one attached hydrogen (secondary N) is 1. The molecule has 4 N–H and O–H groups in total. The molecule has 0 saturated heterocycles. The Morgan fingerprint density at radius 2 is 1.83 bits per heavy atom. The molecule has 0 saturated carbocycles. The molecule has 0 spiro atoms. The van der Waals surface area contributed by atoms with E-state index in [1.807, 2.05) is 13.8 Å². The van der Waals surface area contributed by atoms with Gasteiger partial charge in [-0.15, -0.1) is 0 Å². The molecule has 0 fully saturated rings. The van der Waals surface area contributed by atoms with Crippen molar-refractivity contribution >= 4 is 5.91 Å². The molecular weight excluding hydrogens is 228 g/mol. The van der Waals surface area contributed by atoms with Crippen LogP contribution in [0.3, 0.4) is 0 Å². The molecule has 1 unspecified atom stereocenters. The van der Waals surface area contributed by atoms with Gasteiger partial charge in [0.15, 0.2) is 0 Å². The Labute approximate surface area is 111 Å². The zero-order valence-corrected chi connectivity index (χ0v) is 12.5. The van der Waals surface area contributed by atoms with Crippen LogP contribution in [-0.2, 0) is 4.79 Å². The lowest BCUT2D eigenvalue weighted by atomic mass is 9.84. The number of carbonyl (C=O) groups excluding carboxylic acids is 1. The van der Waals surface area contributed by atoms with Gasteiger partial charge in [0, 0.05) is 19.7 Å². The van der Waals surface area contributed by atoms with Crippen LogP contribution in [0, 0.1) is 16.7 Å². The van der Waals surface area contributed by atoms with E-state index < -0.39 is 0 Å². The predicted octanol–water partition coefficient (Wildman–Crippen LogP) is 1.52. The lowest BCUT2D eigenvalue weighted by Crippen LogP contribution is -2.41. The van der Waals surface area contributed by atoms with Gasteiger partial charge in [-0.1, -0.05) is 34.6 Å². The van der Waals surface area contributed by atoms with E-state index in [1.165, 1.54) is 0 Å². The summed E-state index contributed by atoms with van der Waals surface area (Å²) in [6.07, 6.45) is 1.47. The molecule has 0 bridgehead atoms. The van der Waals surface area contributed by atoms with Crippen LogP contribution in [0.25, 0.3) is 0 Å². The van der Waals surface area contributed by atoms with Gasteiger partial charge >= 0.3 is 0 Å². The number of nitrogens with two attached hydrogens (primary N) is 1. The smallest absolute Gasteiger partial charge is 0.224 e. The summed E-state index contributed by atoms with van der Waals surface area (Å²) < 4.78 is 0. The second-order valence-corrected chi connectivity index (χ2v) is 7.05. The summed E-state index contributed by atoms with van der Waals surface area (Å²) in [6.45, 7) is 11.5. The summed E-state index contributed by atoms with van der Waals surface area (Å²) in [7, 11) is 0. The van der Waals surface area contributed by atoms with Crippen LogP contribution in [-0.4, -0.2) is 30.7 Å². The average Bonchev–Trinajstić information content (AvgIpc) is 2.21. The van der Waals surface area contributed by atoms with Gasteiger partial charge in [-0.2, -0.15) is 0 Å². The standard InChI is InChI=1S/C14H30N2O2/c1-13(2,3)8-11(9-15)12(18)16-10-14(4,5)6-7-17/h11,17H,6-10,15H2,1-5H3,(H,16,18). The highest BCUT2D eigenvalue weighted by atomic mass is 16.3. The molecule has 4 heteroatoms. The third-order valence-corrected chi connectivity index (χ3v) is 3.04. The highest BCUT2D eigenvalue weighted by Gasteiger charge is 2.25. The second kappa shape index (κ2) is 7.10. The van der Waals surface area contributed by atoms with Gasteiger partial charge in [-0.05, 0) is 23.7 Å². The Morgan fingerprint density at radius 1 is 1.28 bits per heavy atom. The molecular formula is C14H30N2O2. The highest BCUT2D eigenvalue weighted by molar-refractivity contribution is 5.78. The van der Waals surface area contributed by atoms with Gasteiger partial charge < -0.3 is 16.2 Å². The predicted molar refractivity (Wildman–Crippen MR) is 75.1 cm³/mol. The molecule has 0 aliphatic rings. The molecule has 0 radical (unpaired) electrons. The topological polar surface area (TPSA) is 75.4 Å². The van der Waals surface area contributed by atoms with E-state index in [9.17, 15) is 4.79 Å². The summed E-state index contributed by atoms with van der Waals surface area (Å²) >= 11 is 0. The van der Waals surface area contributed by atoms with Gasteiger partial charge in [0.05, 0.1) is 5.92 Å². The van der Waals surface area contributed by atoms with Gasteiger partial charge in [-0.3, -0.25) is 4.79 Å². The molecule has 1 amide bonds. The normalized spacial score (nSPS) is 14.4. The van der Waals surface area contributed by atoms with E-state index >= 15 is 0 Å². The summed E-state index contributed by atoms with van der Waals surface area (Å²) in [5, 5.41) is 11.9. The van der Waals surface area contributed by atoms with Crippen molar-refractivity contribution in [2.75, 3.05) is 19.7 Å². The van der Waals surface area contributed by atoms with E-state index in [2.05, 4.69) is 26.1 Å². The third kappa shape index (κ3) is 7.67. The minimum absolute atomic E-state index is 0.0263. The van der Waals surface area contributed by atoms with Crippen molar-refractivity contribution in [1.29, 1.82) is 0 Å². The summed E-state index contributed by atoms with van der Waals surface area (Å²) in [6, 6.07) is 0. The maximum Gasteiger partial charge on any atom is 0.224 e. The summed E-state index contributed by atoms with van der Waals surface area (Å²) in [5.41, 5.74) is 5.70. The van der Waals surface area contributed by atoms with E-state index in [4.69, 9.17) is 10.8 Å². The first-order valence-electron chi connectivity index (χ1n) is 6.70. The molecule has 0 aromatic carbocycles. The van der Waals surface area contributed by atoms with E-state index in [-0.39, 0.29) is 29.3 Å². The Bertz CT molecular complexity index is 257. The summed E-state index contributed by atoms with van der Waals surface area (Å²) in [4.78, 5) is 12.0. The van der Waals surface area contributed by atoms with Crippen molar-refractivity contribution in [2.24, 2.45) is 22.5 Å². The minimum Gasteiger partial charge on any atom is -0.396 e. The molecule has 0 heterocycles. The first kappa shape index (κ1) is 17.4. The second-order valence-electron chi connectivity index (χ2n) is 7.05. The van der Waals surface area contributed by atoms with Crippen LogP contribution in [0.15, 0.2) is 0 Å². The van der Waals surface area contributed by atoms with Crippen molar-refractivity contribution in [3.63, 3.8) is 0 Å². The van der Waals surface area contributed by atoms with Crippen molar-refractivity contribution in [3.05, 3.63) is 0 Å². The van der Waals surface area contributed by atoms with Crippen LogP contribution in [0.2, 0.25) is 0 Å². The summed E-state index contributed by atoms with van der Waals surface area (Å²) in [5.74, 6) is -0.103. The molecule has 0 aromatic heterocycles. The average molecular weight is 258 g/mol. The fourth-order valence-corrected chi connectivity index (χ4v) is 1.88. The lowest BCUT2D eigenvalue weighted by Gasteiger charge is -2.27. The van der Waals surface area contributed by atoms with Crippen LogP contribution >= 0.6 is 0 Å². The molecule has 4 nitrogen and oxygen atoms in total. The molecule has 0 aromatic rings. The zero-order chi connectivity index (χ0) is 14.4. The number of aliphatic hydroxyl groups excluding tert-OH is 1. The number of hydrogen-bond donors (Lipinski definition) is 3. The lowest BCUT2D eigenvalue weighted by molar-refractivity contribution is -0.126. The molecule has 1 atom stereocenters. The van der Waals surface area contributed by atoms with Crippen molar-refractivity contribution in [3.8, 4) is 0 Å². The number of aliphatic hydroxyl groups is 1. The van der Waals surface area contributed by atoms with E-state index in [1.54, 1.807) is 0 Å². The van der Waals surface area contributed by atoms with E-state index in [0.717, 1.165) is 6.42 Å². The Kier molecular flexibility index (Phi) is 6.86. The Morgan fingerprint density at radius 3 is 2.22 bits per heavy atom. The Hall–Kier alpha value is -0.610. The molecule has 0 rings (SSSR count). The monoisotopic (exact) mass is 258 g/mol. The maximum atomic E-state index is 12.0. The van der Waals surface area contributed by atoms with Crippen molar-refractivity contribution < 1.29 is 9.90 Å². The number of amides is 1. The van der Waals surface area contributed by atoms with Crippen LogP contribution < -0.4 is 11.1 Å². The van der Waals surface area contributed by atoms with Crippen molar-refractivity contribution in [1.82, 2.24) is 5.32 Å². The van der Waals surface area contributed by atoms with Crippen LogP contribution in [0.5, 0.6) is 0 Å². The first-order chi connectivity index (χ1) is 8.11. The van der Waals surface area contributed by atoms with Crippen LogP contribution in [0.4, 0.5) is 0 Å². The van der Waals surface area contributed by atoms with Gasteiger partial charge in [0.2, 0.25) is 5.91 Å². The van der Waals surface area contributed by atoms with Crippen molar-refractivity contribution in [2.45, 2.75) is 47.5 Å². The van der Waals surface area contributed by atoms with Gasteiger partial charge in [-0.25, -0.2) is 0 Å². The van der Waals surface area contributed by atoms with E-state index in [0.29, 0.717) is 19.5 Å². The fourth-order valence-electron chi connectivity index (χ4n) is 1.88. The molecule has 108 valence electrons. The number of carbonyl (C=O) groups is 1. The molecule has 0 aliphatic heterocycles. The zero-order valence-electron chi connectivity index (χ0n) is 12.5.